The van der Waals surface area contributed by atoms with Gasteiger partial charge in [0.15, 0.2) is 0 Å². The number of hydrogen-bond donors (Lipinski definition) is 2. The molecule has 24 heavy (non-hydrogen) atoms. The van der Waals surface area contributed by atoms with Crippen LogP contribution in [0.25, 0.3) is 0 Å². The Balaban J connectivity index is 2.69. The molecule has 0 bridgehead atoms. The van der Waals surface area contributed by atoms with Crippen molar-refractivity contribution in [2.45, 2.75) is 32.2 Å². The van der Waals surface area contributed by atoms with Crippen molar-refractivity contribution < 1.29 is 23.9 Å². The average Bonchev–Trinajstić information content (AvgIpc) is 2.59. The molecule has 7 nitrogen and oxygen atoms in total. The second kappa shape index (κ2) is 9.02. The Hall–Kier alpha value is -2.41. The van der Waals surface area contributed by atoms with Crippen LogP contribution < -0.4 is 10.6 Å². The third kappa shape index (κ3) is 5.34. The Kier molecular flexibility index (Phi) is 7.38. The first-order valence-corrected chi connectivity index (χ1v) is 7.68. The molecule has 1 amide bonds. The van der Waals surface area contributed by atoms with Gasteiger partial charge in [-0.2, -0.15) is 0 Å². The largest absolute Gasteiger partial charge is 0.468 e. The molecule has 0 aliphatic rings. The first-order chi connectivity index (χ1) is 11.4. The third-order valence-electron chi connectivity index (χ3n) is 3.59. The number of carbonyl (C=O) groups excluding carboxylic acids is 3. The van der Waals surface area contributed by atoms with E-state index < -0.39 is 17.5 Å². The Morgan fingerprint density at radius 1 is 1.17 bits per heavy atom. The first-order valence-electron chi connectivity index (χ1n) is 7.68. The van der Waals surface area contributed by atoms with Crippen LogP contribution in [-0.2, 0) is 19.1 Å². The molecule has 2 N–H and O–H groups in total. The topological polar surface area (TPSA) is 93.7 Å². The van der Waals surface area contributed by atoms with E-state index in [2.05, 4.69) is 15.4 Å². The minimum absolute atomic E-state index is 0.0615. The smallest absolute Gasteiger partial charge is 0.337 e. The molecule has 1 aromatic rings. The lowest BCUT2D eigenvalue weighted by Gasteiger charge is -2.27. The summed E-state index contributed by atoms with van der Waals surface area (Å²) in [5.74, 6) is -1.22. The molecule has 0 heterocycles. The van der Waals surface area contributed by atoms with Crippen LogP contribution in [0.2, 0.25) is 0 Å². The van der Waals surface area contributed by atoms with Gasteiger partial charge in [-0.05, 0) is 31.5 Å². The molecule has 1 rings (SSSR count). The van der Waals surface area contributed by atoms with Crippen molar-refractivity contribution in [2.75, 3.05) is 26.1 Å². The van der Waals surface area contributed by atoms with E-state index in [1.165, 1.54) is 20.3 Å². The SMILES string of the molecule is CCC[C@](C)(NCC(=O)Nc1cccc(C(=O)OC)c1)C(=O)OC. The molecule has 132 valence electrons. The Bertz CT molecular complexity index is 602. The summed E-state index contributed by atoms with van der Waals surface area (Å²) in [5, 5.41) is 5.61. The highest BCUT2D eigenvalue weighted by atomic mass is 16.5. The molecular formula is C17H24N2O5. The third-order valence-corrected chi connectivity index (χ3v) is 3.59. The summed E-state index contributed by atoms with van der Waals surface area (Å²) >= 11 is 0. The zero-order valence-electron chi connectivity index (χ0n) is 14.5. The summed E-state index contributed by atoms with van der Waals surface area (Å²) in [4.78, 5) is 35.5. The number of carbonyl (C=O) groups is 3. The van der Waals surface area contributed by atoms with E-state index in [0.29, 0.717) is 17.7 Å². The van der Waals surface area contributed by atoms with Gasteiger partial charge in [0.1, 0.15) is 5.54 Å². The fraction of sp³-hybridized carbons (Fsp3) is 0.471. The van der Waals surface area contributed by atoms with Crippen LogP contribution in [0.3, 0.4) is 0 Å². The molecule has 1 aromatic carbocycles. The van der Waals surface area contributed by atoms with Crippen molar-refractivity contribution in [3.05, 3.63) is 29.8 Å². The van der Waals surface area contributed by atoms with Gasteiger partial charge in [0.2, 0.25) is 5.91 Å². The van der Waals surface area contributed by atoms with E-state index in [1.54, 1.807) is 25.1 Å². The monoisotopic (exact) mass is 336 g/mol. The quantitative estimate of drug-likeness (QED) is 0.702. The summed E-state index contributed by atoms with van der Waals surface area (Å²) in [7, 11) is 2.61. The van der Waals surface area contributed by atoms with Crippen molar-refractivity contribution in [1.29, 1.82) is 0 Å². The van der Waals surface area contributed by atoms with Crippen LogP contribution in [0.15, 0.2) is 24.3 Å². The molecule has 0 saturated carbocycles. The molecule has 0 aromatic heterocycles. The van der Waals surface area contributed by atoms with Gasteiger partial charge in [0.25, 0.3) is 0 Å². The van der Waals surface area contributed by atoms with Crippen LogP contribution in [0.4, 0.5) is 5.69 Å². The number of methoxy groups -OCH3 is 2. The Labute approximate surface area is 141 Å². The van der Waals surface area contributed by atoms with E-state index in [0.717, 1.165) is 6.42 Å². The maximum Gasteiger partial charge on any atom is 0.337 e. The Morgan fingerprint density at radius 3 is 2.46 bits per heavy atom. The fourth-order valence-electron chi connectivity index (χ4n) is 2.31. The lowest BCUT2D eigenvalue weighted by atomic mass is 9.96. The van der Waals surface area contributed by atoms with E-state index in [-0.39, 0.29) is 12.5 Å². The maximum atomic E-state index is 12.1. The molecule has 0 radical (unpaired) electrons. The van der Waals surface area contributed by atoms with Gasteiger partial charge in [-0.15, -0.1) is 0 Å². The number of hydrogen-bond acceptors (Lipinski definition) is 6. The summed E-state index contributed by atoms with van der Waals surface area (Å²) in [5.41, 5.74) is -0.108. The summed E-state index contributed by atoms with van der Waals surface area (Å²) in [6.07, 6.45) is 1.31. The van der Waals surface area contributed by atoms with Crippen molar-refractivity contribution in [3.63, 3.8) is 0 Å². The average molecular weight is 336 g/mol. The van der Waals surface area contributed by atoms with Crippen molar-refractivity contribution >= 4 is 23.5 Å². The fourth-order valence-corrected chi connectivity index (χ4v) is 2.31. The van der Waals surface area contributed by atoms with Gasteiger partial charge in [-0.1, -0.05) is 19.4 Å². The zero-order chi connectivity index (χ0) is 18.2. The number of rotatable bonds is 8. The van der Waals surface area contributed by atoms with Gasteiger partial charge in [-0.3, -0.25) is 14.9 Å². The Morgan fingerprint density at radius 2 is 1.88 bits per heavy atom. The van der Waals surface area contributed by atoms with Crippen molar-refractivity contribution in [2.24, 2.45) is 0 Å². The van der Waals surface area contributed by atoms with Gasteiger partial charge in [0, 0.05) is 5.69 Å². The highest BCUT2D eigenvalue weighted by Gasteiger charge is 2.33. The molecule has 0 unspecified atom stereocenters. The predicted molar refractivity (Wildman–Crippen MR) is 89.7 cm³/mol. The van der Waals surface area contributed by atoms with E-state index in [4.69, 9.17) is 4.74 Å². The van der Waals surface area contributed by atoms with Crippen LogP contribution in [0.1, 0.15) is 37.0 Å². The lowest BCUT2D eigenvalue weighted by molar-refractivity contribution is -0.148. The zero-order valence-corrected chi connectivity index (χ0v) is 14.5. The highest BCUT2D eigenvalue weighted by molar-refractivity contribution is 5.95. The van der Waals surface area contributed by atoms with Gasteiger partial charge < -0.3 is 14.8 Å². The molecule has 0 saturated heterocycles. The van der Waals surface area contributed by atoms with Gasteiger partial charge in [-0.25, -0.2) is 4.79 Å². The molecular weight excluding hydrogens is 312 g/mol. The second-order valence-corrected chi connectivity index (χ2v) is 5.55. The first kappa shape index (κ1) is 19.6. The molecule has 0 fully saturated rings. The van der Waals surface area contributed by atoms with Crippen molar-refractivity contribution in [1.82, 2.24) is 5.32 Å². The molecule has 0 aliphatic heterocycles. The van der Waals surface area contributed by atoms with Crippen LogP contribution >= 0.6 is 0 Å². The number of anilines is 1. The number of benzene rings is 1. The minimum atomic E-state index is -0.922. The number of ether oxygens (including phenoxy) is 2. The summed E-state index contributed by atoms with van der Waals surface area (Å²) in [6.45, 7) is 3.59. The molecule has 0 spiro atoms. The van der Waals surface area contributed by atoms with Gasteiger partial charge in [0.05, 0.1) is 26.3 Å². The normalized spacial score (nSPS) is 12.8. The maximum absolute atomic E-state index is 12.1. The van der Waals surface area contributed by atoms with Gasteiger partial charge >= 0.3 is 11.9 Å². The van der Waals surface area contributed by atoms with Crippen LogP contribution in [0.5, 0.6) is 0 Å². The summed E-state index contributed by atoms with van der Waals surface area (Å²) in [6, 6.07) is 6.42. The van der Waals surface area contributed by atoms with E-state index >= 15 is 0 Å². The standard InChI is InChI=1S/C17H24N2O5/c1-5-9-17(2,16(22)24-4)18-11-14(20)19-13-8-6-7-12(10-13)15(21)23-3/h6-8,10,18H,5,9,11H2,1-4H3,(H,19,20)/t17-/m0/s1. The van der Waals surface area contributed by atoms with Crippen molar-refractivity contribution in [3.8, 4) is 0 Å². The second-order valence-electron chi connectivity index (χ2n) is 5.55. The van der Waals surface area contributed by atoms with E-state index in [9.17, 15) is 14.4 Å². The molecule has 1 atom stereocenters. The number of esters is 2. The molecule has 0 aliphatic carbocycles. The molecule has 7 heteroatoms. The predicted octanol–water partition coefficient (Wildman–Crippen LogP) is 1.73. The lowest BCUT2D eigenvalue weighted by Crippen LogP contribution is -2.52. The highest BCUT2D eigenvalue weighted by Crippen LogP contribution is 2.15. The van der Waals surface area contributed by atoms with E-state index in [1.807, 2.05) is 6.92 Å². The van der Waals surface area contributed by atoms with Crippen LogP contribution in [-0.4, -0.2) is 44.1 Å². The number of nitrogens with one attached hydrogen (secondary N) is 2. The minimum Gasteiger partial charge on any atom is -0.468 e. The summed E-state index contributed by atoms with van der Waals surface area (Å²) < 4.78 is 9.43. The number of amides is 1. The van der Waals surface area contributed by atoms with Crippen LogP contribution in [0, 0.1) is 0 Å².